The first-order chi connectivity index (χ1) is 8.83. The zero-order valence-corrected chi connectivity index (χ0v) is 10.9. The lowest BCUT2D eigenvalue weighted by atomic mass is 10.3. The molecule has 2 rings (SSSR count). The highest BCUT2D eigenvalue weighted by molar-refractivity contribution is 5.26. The van der Waals surface area contributed by atoms with Crippen LogP contribution in [0.3, 0.4) is 0 Å². The molecular formula is C11H20N4O3. The average molecular weight is 256 g/mol. The van der Waals surface area contributed by atoms with Crippen molar-refractivity contribution in [1.82, 2.24) is 15.5 Å². The maximum atomic E-state index is 5.59. The van der Waals surface area contributed by atoms with Crippen LogP contribution in [0.2, 0.25) is 0 Å². The van der Waals surface area contributed by atoms with E-state index < -0.39 is 0 Å². The van der Waals surface area contributed by atoms with E-state index in [1.54, 1.807) is 14.2 Å². The molecule has 1 aliphatic heterocycles. The van der Waals surface area contributed by atoms with Crippen molar-refractivity contribution in [1.29, 1.82) is 0 Å². The fourth-order valence-electron chi connectivity index (χ4n) is 1.91. The third-order valence-electron chi connectivity index (χ3n) is 2.96. The van der Waals surface area contributed by atoms with Gasteiger partial charge >= 0.3 is 6.01 Å². The third kappa shape index (κ3) is 3.41. The van der Waals surface area contributed by atoms with Gasteiger partial charge in [0.15, 0.2) is 0 Å². The number of hydrogen-bond donors (Lipinski definition) is 1. The molecule has 0 radical (unpaired) electrons. The molecule has 1 saturated heterocycles. The first kappa shape index (κ1) is 13.3. The van der Waals surface area contributed by atoms with E-state index in [4.69, 9.17) is 13.9 Å². The predicted octanol–water partition coefficient (Wildman–Crippen LogP) is 0.0307. The summed E-state index contributed by atoms with van der Waals surface area (Å²) >= 11 is 0. The molecule has 7 nitrogen and oxygen atoms in total. The Kier molecular flexibility index (Phi) is 4.91. The molecule has 0 amide bonds. The Morgan fingerprint density at radius 2 is 2.33 bits per heavy atom. The van der Waals surface area contributed by atoms with Crippen LogP contribution in [-0.2, 0) is 16.0 Å². The molecule has 1 unspecified atom stereocenters. The number of ether oxygens (including phenoxy) is 2. The molecular weight excluding hydrogens is 236 g/mol. The fourth-order valence-corrected chi connectivity index (χ4v) is 1.91. The van der Waals surface area contributed by atoms with E-state index in [0.717, 1.165) is 26.1 Å². The van der Waals surface area contributed by atoms with Crippen molar-refractivity contribution in [2.45, 2.75) is 19.1 Å². The number of rotatable bonds is 7. The SMILES string of the molecule is COCCNCc1nnc(N2CCC(OC)C2)o1. The number of methoxy groups -OCH3 is 2. The van der Waals surface area contributed by atoms with Gasteiger partial charge in [0.1, 0.15) is 0 Å². The van der Waals surface area contributed by atoms with E-state index in [0.29, 0.717) is 25.1 Å². The van der Waals surface area contributed by atoms with E-state index >= 15 is 0 Å². The van der Waals surface area contributed by atoms with Crippen LogP contribution in [0, 0.1) is 0 Å². The second-order valence-corrected chi connectivity index (χ2v) is 4.24. The number of hydrogen-bond acceptors (Lipinski definition) is 7. The molecule has 1 fully saturated rings. The number of nitrogens with zero attached hydrogens (tertiary/aromatic N) is 3. The Morgan fingerprint density at radius 3 is 3.06 bits per heavy atom. The van der Waals surface area contributed by atoms with Crippen LogP contribution in [0.4, 0.5) is 6.01 Å². The van der Waals surface area contributed by atoms with Gasteiger partial charge in [0.25, 0.3) is 0 Å². The van der Waals surface area contributed by atoms with Crippen LogP contribution in [0.1, 0.15) is 12.3 Å². The summed E-state index contributed by atoms with van der Waals surface area (Å²) in [5.41, 5.74) is 0. The summed E-state index contributed by atoms with van der Waals surface area (Å²) in [6, 6.07) is 0.582. The molecule has 102 valence electrons. The molecule has 0 saturated carbocycles. The van der Waals surface area contributed by atoms with Crippen molar-refractivity contribution in [2.24, 2.45) is 0 Å². The second-order valence-electron chi connectivity index (χ2n) is 4.24. The quantitative estimate of drug-likeness (QED) is 0.690. The molecule has 0 spiro atoms. The van der Waals surface area contributed by atoms with Gasteiger partial charge in [-0.05, 0) is 6.42 Å². The van der Waals surface area contributed by atoms with Crippen LogP contribution in [0.5, 0.6) is 0 Å². The summed E-state index contributed by atoms with van der Waals surface area (Å²) in [6.45, 7) is 3.72. The topological polar surface area (TPSA) is 72.7 Å². The Labute approximate surface area is 106 Å². The van der Waals surface area contributed by atoms with Crippen LogP contribution in [-0.4, -0.2) is 56.8 Å². The Hall–Kier alpha value is -1.18. The van der Waals surface area contributed by atoms with Crippen LogP contribution in [0.15, 0.2) is 4.42 Å². The zero-order chi connectivity index (χ0) is 12.8. The maximum absolute atomic E-state index is 5.59. The highest BCUT2D eigenvalue weighted by Crippen LogP contribution is 2.19. The van der Waals surface area contributed by atoms with Crippen molar-refractivity contribution in [3.63, 3.8) is 0 Å². The largest absolute Gasteiger partial charge is 0.407 e. The van der Waals surface area contributed by atoms with E-state index in [1.807, 2.05) is 0 Å². The minimum atomic E-state index is 0.264. The van der Waals surface area contributed by atoms with Gasteiger partial charge in [-0.3, -0.25) is 0 Å². The van der Waals surface area contributed by atoms with Gasteiger partial charge in [-0.2, -0.15) is 0 Å². The summed E-state index contributed by atoms with van der Waals surface area (Å²) in [7, 11) is 3.40. The molecule has 1 N–H and O–H groups in total. The fraction of sp³-hybridized carbons (Fsp3) is 0.818. The molecule has 2 heterocycles. The van der Waals surface area contributed by atoms with Crippen LogP contribution in [0.25, 0.3) is 0 Å². The number of anilines is 1. The molecule has 0 bridgehead atoms. The molecule has 0 aromatic carbocycles. The van der Waals surface area contributed by atoms with Gasteiger partial charge in [-0.25, -0.2) is 0 Å². The van der Waals surface area contributed by atoms with Crippen molar-refractivity contribution >= 4 is 6.01 Å². The highest BCUT2D eigenvalue weighted by atomic mass is 16.5. The molecule has 18 heavy (non-hydrogen) atoms. The summed E-state index contributed by atoms with van der Waals surface area (Å²) in [4.78, 5) is 2.06. The Morgan fingerprint density at radius 1 is 1.44 bits per heavy atom. The summed E-state index contributed by atoms with van der Waals surface area (Å²) < 4.78 is 15.8. The molecule has 0 aliphatic carbocycles. The van der Waals surface area contributed by atoms with Crippen LogP contribution < -0.4 is 10.2 Å². The molecule has 1 aromatic rings. The number of aromatic nitrogens is 2. The molecule has 1 atom stereocenters. The van der Waals surface area contributed by atoms with Gasteiger partial charge < -0.3 is 24.1 Å². The first-order valence-corrected chi connectivity index (χ1v) is 6.13. The normalized spacial score (nSPS) is 19.7. The van der Waals surface area contributed by atoms with E-state index in [2.05, 4.69) is 20.4 Å². The Bertz CT molecular complexity index is 358. The lowest BCUT2D eigenvalue weighted by Crippen LogP contribution is -2.22. The minimum Gasteiger partial charge on any atom is -0.407 e. The second kappa shape index (κ2) is 6.67. The average Bonchev–Trinajstić information content (AvgIpc) is 3.03. The smallest absolute Gasteiger partial charge is 0.318 e. The van der Waals surface area contributed by atoms with Crippen molar-refractivity contribution in [3.8, 4) is 0 Å². The first-order valence-electron chi connectivity index (χ1n) is 6.13. The van der Waals surface area contributed by atoms with E-state index in [9.17, 15) is 0 Å². The zero-order valence-electron chi connectivity index (χ0n) is 10.9. The molecule has 1 aromatic heterocycles. The van der Waals surface area contributed by atoms with Gasteiger partial charge in [-0.15, -0.1) is 5.10 Å². The molecule has 7 heteroatoms. The highest BCUT2D eigenvalue weighted by Gasteiger charge is 2.25. The van der Waals surface area contributed by atoms with Crippen molar-refractivity contribution < 1.29 is 13.9 Å². The maximum Gasteiger partial charge on any atom is 0.318 e. The Balaban J connectivity index is 1.79. The van der Waals surface area contributed by atoms with E-state index in [-0.39, 0.29) is 6.10 Å². The van der Waals surface area contributed by atoms with Crippen molar-refractivity contribution in [3.05, 3.63) is 5.89 Å². The number of nitrogens with one attached hydrogen (secondary N) is 1. The summed E-state index contributed by atoms with van der Waals surface area (Å²) in [5.74, 6) is 0.599. The standard InChI is InChI=1S/C11H20N4O3/c1-16-6-4-12-7-10-13-14-11(18-10)15-5-3-9(8-15)17-2/h9,12H,3-8H2,1-2H3. The van der Waals surface area contributed by atoms with Gasteiger partial charge in [-0.1, -0.05) is 5.10 Å². The monoisotopic (exact) mass is 256 g/mol. The van der Waals surface area contributed by atoms with Crippen LogP contribution >= 0.6 is 0 Å². The summed E-state index contributed by atoms with van der Waals surface area (Å²) in [6.07, 6.45) is 1.26. The lowest BCUT2D eigenvalue weighted by Gasteiger charge is -2.11. The third-order valence-corrected chi connectivity index (χ3v) is 2.96. The lowest BCUT2D eigenvalue weighted by molar-refractivity contribution is 0.120. The minimum absolute atomic E-state index is 0.264. The van der Waals surface area contributed by atoms with Gasteiger partial charge in [0.2, 0.25) is 5.89 Å². The summed E-state index contributed by atoms with van der Waals surface area (Å²) in [5, 5.41) is 11.2. The van der Waals surface area contributed by atoms with E-state index in [1.165, 1.54) is 0 Å². The predicted molar refractivity (Wildman–Crippen MR) is 65.5 cm³/mol. The van der Waals surface area contributed by atoms with Crippen molar-refractivity contribution in [2.75, 3.05) is 45.4 Å². The molecule has 1 aliphatic rings. The van der Waals surface area contributed by atoms with Gasteiger partial charge in [0, 0.05) is 33.9 Å². The van der Waals surface area contributed by atoms with Gasteiger partial charge in [0.05, 0.1) is 19.3 Å².